The van der Waals surface area contributed by atoms with Gasteiger partial charge in [-0.05, 0) is 61.8 Å². The van der Waals surface area contributed by atoms with E-state index in [-0.39, 0.29) is 29.9 Å². The molecule has 2 aliphatic heterocycles. The zero-order chi connectivity index (χ0) is 28.3. The lowest BCUT2D eigenvalue weighted by Gasteiger charge is -2.33. The summed E-state index contributed by atoms with van der Waals surface area (Å²) in [5.74, 6) is -0.964. The van der Waals surface area contributed by atoms with Crippen molar-refractivity contribution in [2.45, 2.75) is 37.4 Å². The monoisotopic (exact) mass is 580 g/mol. The van der Waals surface area contributed by atoms with Crippen LogP contribution in [-0.4, -0.2) is 72.3 Å². The van der Waals surface area contributed by atoms with E-state index < -0.39 is 28.7 Å². The number of carbonyl (C=O) groups excluding carboxylic acids is 2. The number of amides is 2. The van der Waals surface area contributed by atoms with E-state index >= 15 is 0 Å². The number of hydrogen-bond acceptors (Lipinski definition) is 4. The maximum Gasteiger partial charge on any atom is 0.417 e. The van der Waals surface area contributed by atoms with Crippen LogP contribution in [0, 0.1) is 17.2 Å². The third-order valence-corrected chi connectivity index (χ3v) is 8.29. The Kier molecular flexibility index (Phi) is 9.10. The fourth-order valence-electron chi connectivity index (χ4n) is 5.50. The molecule has 2 amide bonds. The van der Waals surface area contributed by atoms with E-state index in [1.165, 1.54) is 11.0 Å². The molecule has 2 fully saturated rings. The van der Waals surface area contributed by atoms with Crippen molar-refractivity contribution in [3.8, 4) is 6.07 Å². The number of nitriles is 1. The fourth-order valence-corrected chi connectivity index (χ4v) is 5.85. The predicted octanol–water partition coefficient (Wildman–Crippen LogP) is 5.70. The van der Waals surface area contributed by atoms with Crippen molar-refractivity contribution in [3.05, 3.63) is 69.2 Å². The molecule has 0 aromatic heterocycles. The summed E-state index contributed by atoms with van der Waals surface area (Å²) in [6.07, 6.45) is -2.86. The Labute approximate surface area is 235 Å². The molecule has 0 spiro atoms. The van der Waals surface area contributed by atoms with E-state index in [9.17, 15) is 22.8 Å². The molecule has 11 heteroatoms. The van der Waals surface area contributed by atoms with Crippen molar-refractivity contribution < 1.29 is 22.8 Å². The molecule has 0 aliphatic carbocycles. The number of nitrogens with zero attached hydrogens (tertiary/aromatic N) is 4. The van der Waals surface area contributed by atoms with Gasteiger partial charge in [-0.15, -0.1) is 0 Å². The highest BCUT2D eigenvalue weighted by Gasteiger charge is 2.42. The van der Waals surface area contributed by atoms with Crippen molar-refractivity contribution in [3.63, 3.8) is 0 Å². The summed E-state index contributed by atoms with van der Waals surface area (Å²) in [6.45, 7) is 2.82. The van der Waals surface area contributed by atoms with Crippen molar-refractivity contribution in [2.24, 2.45) is 5.92 Å². The number of alkyl halides is 3. The minimum absolute atomic E-state index is 0.0168. The molecule has 2 atom stereocenters. The molecule has 39 heavy (non-hydrogen) atoms. The van der Waals surface area contributed by atoms with Crippen LogP contribution in [0.1, 0.15) is 46.7 Å². The van der Waals surface area contributed by atoms with Gasteiger partial charge in [0.05, 0.1) is 22.7 Å². The molecular weight excluding hydrogens is 552 g/mol. The smallest absolute Gasteiger partial charge is 0.340 e. The molecule has 0 unspecified atom stereocenters. The SMILES string of the molecule is CN(C(=O)c1ccc(Cl)c(C(F)(F)F)c1)[C@@H]1CN(C(=O)C2CCN(CCC#N)CC2)C[C@H]1c1ccc(Cl)cc1. The lowest BCUT2D eigenvalue weighted by Crippen LogP contribution is -2.44. The third-order valence-electron chi connectivity index (χ3n) is 7.71. The molecule has 2 heterocycles. The summed E-state index contributed by atoms with van der Waals surface area (Å²) in [5, 5.41) is 8.90. The molecule has 4 rings (SSSR count). The molecule has 2 aromatic rings. The molecule has 6 nitrogen and oxygen atoms in total. The van der Waals surface area contributed by atoms with Gasteiger partial charge in [0.25, 0.3) is 5.91 Å². The quantitative estimate of drug-likeness (QED) is 0.439. The van der Waals surface area contributed by atoms with Crippen LogP contribution in [-0.2, 0) is 11.0 Å². The lowest BCUT2D eigenvalue weighted by atomic mass is 9.93. The highest BCUT2D eigenvalue weighted by atomic mass is 35.5. The Bertz CT molecular complexity index is 1240. The van der Waals surface area contributed by atoms with E-state index in [0.717, 1.165) is 30.8 Å². The van der Waals surface area contributed by atoms with Crippen molar-refractivity contribution in [1.82, 2.24) is 14.7 Å². The Balaban J connectivity index is 1.55. The normalized spacial score (nSPS) is 20.6. The number of benzene rings is 2. The molecule has 208 valence electrons. The summed E-state index contributed by atoms with van der Waals surface area (Å²) >= 11 is 11.8. The van der Waals surface area contributed by atoms with Crippen LogP contribution in [0.4, 0.5) is 13.2 Å². The Morgan fingerprint density at radius 1 is 1.08 bits per heavy atom. The first-order valence-corrected chi connectivity index (χ1v) is 13.5. The van der Waals surface area contributed by atoms with E-state index in [2.05, 4.69) is 11.0 Å². The van der Waals surface area contributed by atoms with Gasteiger partial charge in [0.1, 0.15) is 0 Å². The number of halogens is 5. The van der Waals surface area contributed by atoms with Gasteiger partial charge in [0.2, 0.25) is 5.91 Å². The number of piperidine rings is 1. The van der Waals surface area contributed by atoms with E-state index in [1.807, 2.05) is 12.1 Å². The predicted molar refractivity (Wildman–Crippen MR) is 143 cm³/mol. The van der Waals surface area contributed by atoms with Gasteiger partial charge in [0.15, 0.2) is 0 Å². The summed E-state index contributed by atoms with van der Waals surface area (Å²) in [6, 6.07) is 12.0. The molecule has 0 radical (unpaired) electrons. The van der Waals surface area contributed by atoms with Crippen LogP contribution in [0.25, 0.3) is 0 Å². The van der Waals surface area contributed by atoms with Crippen LogP contribution < -0.4 is 0 Å². The Morgan fingerprint density at radius 3 is 2.36 bits per heavy atom. The zero-order valence-corrected chi connectivity index (χ0v) is 22.9. The largest absolute Gasteiger partial charge is 0.417 e. The third kappa shape index (κ3) is 6.68. The van der Waals surface area contributed by atoms with Crippen LogP contribution in [0.3, 0.4) is 0 Å². The van der Waals surface area contributed by atoms with Crippen LogP contribution in [0.5, 0.6) is 0 Å². The standard InChI is InChI=1S/C28H29Cl2F3N4O2/c1-35(26(38)20-5-8-24(30)23(15-20)28(31,32)33)25-17-37(16-22(25)18-3-6-21(29)7-4-18)27(39)19-9-13-36(14-10-19)12-2-11-34/h3-8,15,19,22,25H,2,9-10,12-14,16-17H2,1H3/t22-,25+/m0/s1. The van der Waals surface area contributed by atoms with E-state index in [4.69, 9.17) is 28.5 Å². The minimum Gasteiger partial charge on any atom is -0.340 e. The van der Waals surface area contributed by atoms with Gasteiger partial charge in [-0.3, -0.25) is 9.59 Å². The minimum atomic E-state index is -4.70. The van der Waals surface area contributed by atoms with Crippen LogP contribution >= 0.6 is 23.2 Å². The molecule has 2 aromatic carbocycles. The summed E-state index contributed by atoms with van der Waals surface area (Å²) in [5.41, 5.74) is -0.307. The van der Waals surface area contributed by atoms with Crippen molar-refractivity contribution >= 4 is 35.0 Å². The maximum absolute atomic E-state index is 13.5. The molecule has 2 aliphatic rings. The first-order valence-electron chi connectivity index (χ1n) is 12.8. The number of hydrogen-bond donors (Lipinski definition) is 0. The van der Waals surface area contributed by atoms with Gasteiger partial charge < -0.3 is 14.7 Å². The second-order valence-electron chi connectivity index (χ2n) is 10.1. The lowest BCUT2D eigenvalue weighted by molar-refractivity contribution is -0.137. The molecule has 0 bridgehead atoms. The van der Waals surface area contributed by atoms with Crippen molar-refractivity contribution in [1.29, 1.82) is 5.26 Å². The molecule has 0 N–H and O–H groups in total. The summed E-state index contributed by atoms with van der Waals surface area (Å²) < 4.78 is 40.3. The average molecular weight is 581 g/mol. The maximum atomic E-state index is 13.5. The first kappa shape index (κ1) is 29.2. The van der Waals surface area contributed by atoms with Crippen molar-refractivity contribution in [2.75, 3.05) is 39.8 Å². The highest BCUT2D eigenvalue weighted by molar-refractivity contribution is 6.31. The summed E-state index contributed by atoms with van der Waals surface area (Å²) in [4.78, 5) is 32.3. The topological polar surface area (TPSA) is 67.7 Å². The zero-order valence-electron chi connectivity index (χ0n) is 21.4. The molecular formula is C28H29Cl2F3N4O2. The van der Waals surface area contributed by atoms with Gasteiger partial charge in [0, 0.05) is 55.5 Å². The van der Waals surface area contributed by atoms with Gasteiger partial charge >= 0.3 is 6.18 Å². The van der Waals surface area contributed by atoms with E-state index in [0.29, 0.717) is 37.4 Å². The number of rotatable bonds is 6. The van der Waals surface area contributed by atoms with Gasteiger partial charge in [-0.2, -0.15) is 18.4 Å². The number of likely N-dealkylation sites (tertiary alicyclic amines) is 2. The summed E-state index contributed by atoms with van der Waals surface area (Å²) in [7, 11) is 1.56. The Morgan fingerprint density at radius 2 is 1.74 bits per heavy atom. The van der Waals surface area contributed by atoms with Crippen LogP contribution in [0.15, 0.2) is 42.5 Å². The van der Waals surface area contributed by atoms with Gasteiger partial charge in [-0.25, -0.2) is 0 Å². The second-order valence-corrected chi connectivity index (χ2v) is 10.9. The fraction of sp³-hybridized carbons (Fsp3) is 0.464. The Hall–Kier alpha value is -2.80. The first-order chi connectivity index (χ1) is 18.5. The highest BCUT2D eigenvalue weighted by Crippen LogP contribution is 2.37. The second kappa shape index (κ2) is 12.2. The van der Waals surface area contributed by atoms with Gasteiger partial charge in [-0.1, -0.05) is 35.3 Å². The van der Waals surface area contributed by atoms with Crippen LogP contribution in [0.2, 0.25) is 10.0 Å². The number of carbonyl (C=O) groups is 2. The van der Waals surface area contributed by atoms with E-state index in [1.54, 1.807) is 24.1 Å². The molecule has 0 saturated carbocycles. The number of likely N-dealkylation sites (N-methyl/N-ethyl adjacent to an activating group) is 1. The molecule has 2 saturated heterocycles. The average Bonchev–Trinajstić information content (AvgIpc) is 3.36.